The highest BCUT2D eigenvalue weighted by molar-refractivity contribution is 7.89. The monoisotopic (exact) mass is 443 g/mol. The summed E-state index contributed by atoms with van der Waals surface area (Å²) in [5.74, 6) is 0.383. The molecule has 4 rings (SSSR count). The molecule has 2 aliphatic rings. The van der Waals surface area contributed by atoms with Crippen LogP contribution >= 0.6 is 0 Å². The minimum Gasteiger partial charge on any atom is -0.484 e. The highest BCUT2D eigenvalue weighted by atomic mass is 32.2. The number of anilines is 2. The molecule has 0 spiro atoms. The minimum atomic E-state index is -3.67. The molecular formula is C23H29N3O4S. The SMILES string of the molecule is CC(=O)N1CC(C)(C)Oc2ccc(S(=O)(=O)N3CCN(c4cccc(C)c4)CC3)cc21. The largest absolute Gasteiger partial charge is 0.484 e. The zero-order chi connectivity index (χ0) is 22.4. The first-order valence-corrected chi connectivity index (χ1v) is 11.9. The number of amides is 1. The van der Waals surface area contributed by atoms with Crippen LogP contribution in [-0.4, -0.2) is 57.0 Å². The summed E-state index contributed by atoms with van der Waals surface area (Å²) in [4.78, 5) is 16.2. The third-order valence-corrected chi connectivity index (χ3v) is 7.66. The van der Waals surface area contributed by atoms with Gasteiger partial charge < -0.3 is 14.5 Å². The van der Waals surface area contributed by atoms with Crippen molar-refractivity contribution in [3.8, 4) is 5.75 Å². The number of hydrogen-bond acceptors (Lipinski definition) is 5. The molecule has 1 amide bonds. The molecular weight excluding hydrogens is 414 g/mol. The standard InChI is InChI=1S/C23H29N3O4S/c1-17-6-5-7-19(14-17)24-10-12-25(13-11-24)31(28,29)20-8-9-22-21(15-20)26(18(2)27)16-23(3,4)30-22/h5-9,14-15H,10-13,16H2,1-4H3. The fourth-order valence-electron chi connectivity index (χ4n) is 4.19. The lowest BCUT2D eigenvalue weighted by atomic mass is 10.1. The summed E-state index contributed by atoms with van der Waals surface area (Å²) in [5.41, 5.74) is 2.27. The van der Waals surface area contributed by atoms with Gasteiger partial charge in [0, 0.05) is 38.8 Å². The summed E-state index contributed by atoms with van der Waals surface area (Å²) >= 11 is 0. The second-order valence-corrected chi connectivity index (χ2v) is 10.8. The molecule has 0 aromatic heterocycles. The van der Waals surface area contributed by atoms with Crippen LogP contribution in [0.25, 0.3) is 0 Å². The van der Waals surface area contributed by atoms with Crippen molar-refractivity contribution in [1.29, 1.82) is 0 Å². The van der Waals surface area contributed by atoms with Crippen molar-refractivity contribution in [2.75, 3.05) is 42.5 Å². The number of carbonyl (C=O) groups excluding carboxylic acids is 1. The lowest BCUT2D eigenvalue weighted by Gasteiger charge is -2.39. The molecule has 0 radical (unpaired) electrons. The lowest BCUT2D eigenvalue weighted by molar-refractivity contribution is -0.117. The summed E-state index contributed by atoms with van der Waals surface area (Å²) in [6, 6.07) is 13.0. The molecule has 0 N–H and O–H groups in total. The minimum absolute atomic E-state index is 0.140. The van der Waals surface area contributed by atoms with Gasteiger partial charge in [-0.05, 0) is 56.7 Å². The maximum absolute atomic E-state index is 13.3. The van der Waals surface area contributed by atoms with Crippen LogP contribution in [0.15, 0.2) is 47.4 Å². The van der Waals surface area contributed by atoms with Gasteiger partial charge in [0.15, 0.2) is 0 Å². The first-order valence-electron chi connectivity index (χ1n) is 10.5. The summed E-state index contributed by atoms with van der Waals surface area (Å²) in [6.45, 7) is 9.80. The number of fused-ring (bicyclic) bond motifs is 1. The average molecular weight is 444 g/mol. The second kappa shape index (κ2) is 7.84. The Morgan fingerprint density at radius 3 is 2.39 bits per heavy atom. The van der Waals surface area contributed by atoms with E-state index < -0.39 is 15.6 Å². The van der Waals surface area contributed by atoms with Crippen molar-refractivity contribution < 1.29 is 17.9 Å². The molecule has 8 heteroatoms. The number of piperazine rings is 1. The van der Waals surface area contributed by atoms with Gasteiger partial charge in [0.2, 0.25) is 15.9 Å². The predicted octanol–water partition coefficient (Wildman–Crippen LogP) is 3.03. The molecule has 31 heavy (non-hydrogen) atoms. The molecule has 2 aliphatic heterocycles. The Kier molecular flexibility index (Phi) is 5.47. The van der Waals surface area contributed by atoms with E-state index in [1.165, 1.54) is 16.8 Å². The Balaban J connectivity index is 1.56. The quantitative estimate of drug-likeness (QED) is 0.729. The van der Waals surface area contributed by atoms with E-state index in [2.05, 4.69) is 30.0 Å². The highest BCUT2D eigenvalue weighted by Crippen LogP contribution is 2.39. The normalized spacial score (nSPS) is 19.0. The van der Waals surface area contributed by atoms with Crippen molar-refractivity contribution in [1.82, 2.24) is 4.31 Å². The maximum atomic E-state index is 13.3. The number of carbonyl (C=O) groups is 1. The zero-order valence-corrected chi connectivity index (χ0v) is 19.3. The average Bonchev–Trinajstić information content (AvgIpc) is 2.72. The van der Waals surface area contributed by atoms with Gasteiger partial charge in [-0.25, -0.2) is 8.42 Å². The first-order chi connectivity index (χ1) is 14.6. The number of nitrogens with zero attached hydrogens (tertiary/aromatic N) is 3. The number of aryl methyl sites for hydroxylation is 1. The zero-order valence-electron chi connectivity index (χ0n) is 18.5. The number of ether oxygens (including phenoxy) is 1. The van der Waals surface area contributed by atoms with Crippen LogP contribution in [0.5, 0.6) is 5.75 Å². The van der Waals surface area contributed by atoms with Crippen LogP contribution in [0.2, 0.25) is 0 Å². The molecule has 2 aromatic rings. The van der Waals surface area contributed by atoms with Crippen LogP contribution in [0, 0.1) is 6.92 Å². The van der Waals surface area contributed by atoms with Gasteiger partial charge >= 0.3 is 0 Å². The molecule has 166 valence electrons. The molecule has 0 saturated carbocycles. The number of sulfonamides is 1. The molecule has 0 aliphatic carbocycles. The predicted molar refractivity (Wildman–Crippen MR) is 121 cm³/mol. The third-order valence-electron chi connectivity index (χ3n) is 5.77. The van der Waals surface area contributed by atoms with E-state index in [0.717, 1.165) is 5.69 Å². The topological polar surface area (TPSA) is 70.2 Å². The summed E-state index contributed by atoms with van der Waals surface area (Å²) in [6.07, 6.45) is 0. The molecule has 1 saturated heterocycles. The number of benzene rings is 2. The Hall–Kier alpha value is -2.58. The Labute approximate surface area is 184 Å². The van der Waals surface area contributed by atoms with Gasteiger partial charge in [-0.1, -0.05) is 12.1 Å². The van der Waals surface area contributed by atoms with E-state index in [9.17, 15) is 13.2 Å². The fraction of sp³-hybridized carbons (Fsp3) is 0.435. The summed E-state index contributed by atoms with van der Waals surface area (Å²) in [7, 11) is -3.67. The lowest BCUT2D eigenvalue weighted by Crippen LogP contribution is -2.49. The molecule has 2 aromatic carbocycles. The van der Waals surface area contributed by atoms with Gasteiger partial charge in [-0.3, -0.25) is 4.79 Å². The van der Waals surface area contributed by atoms with Crippen LogP contribution in [0.4, 0.5) is 11.4 Å². The van der Waals surface area contributed by atoms with Gasteiger partial charge in [-0.15, -0.1) is 0 Å². The molecule has 0 bridgehead atoms. The molecule has 0 atom stereocenters. The van der Waals surface area contributed by atoms with Gasteiger partial charge in [0.05, 0.1) is 17.1 Å². The van der Waals surface area contributed by atoms with Crippen molar-refractivity contribution in [3.05, 3.63) is 48.0 Å². The van der Waals surface area contributed by atoms with Crippen molar-refractivity contribution in [2.24, 2.45) is 0 Å². The second-order valence-electron chi connectivity index (χ2n) is 8.83. The van der Waals surface area contributed by atoms with Crippen LogP contribution < -0.4 is 14.5 Å². The molecule has 7 nitrogen and oxygen atoms in total. The van der Waals surface area contributed by atoms with E-state index in [1.807, 2.05) is 19.9 Å². The van der Waals surface area contributed by atoms with Gasteiger partial charge in [0.25, 0.3) is 0 Å². The first kappa shape index (κ1) is 21.6. The van der Waals surface area contributed by atoms with Crippen molar-refractivity contribution in [2.45, 2.75) is 38.2 Å². The maximum Gasteiger partial charge on any atom is 0.243 e. The van der Waals surface area contributed by atoms with Crippen LogP contribution in [0.1, 0.15) is 26.3 Å². The Morgan fingerprint density at radius 2 is 1.74 bits per heavy atom. The van der Waals surface area contributed by atoms with Gasteiger partial charge in [-0.2, -0.15) is 4.31 Å². The van der Waals surface area contributed by atoms with E-state index in [0.29, 0.717) is 44.2 Å². The van der Waals surface area contributed by atoms with E-state index in [1.54, 1.807) is 23.1 Å². The molecule has 2 heterocycles. The summed E-state index contributed by atoms with van der Waals surface area (Å²) < 4.78 is 34.2. The highest BCUT2D eigenvalue weighted by Gasteiger charge is 2.36. The van der Waals surface area contributed by atoms with E-state index >= 15 is 0 Å². The van der Waals surface area contributed by atoms with E-state index in [-0.39, 0.29) is 10.8 Å². The summed E-state index contributed by atoms with van der Waals surface area (Å²) in [5, 5.41) is 0. The number of hydrogen-bond donors (Lipinski definition) is 0. The smallest absolute Gasteiger partial charge is 0.243 e. The third kappa shape index (κ3) is 4.27. The Morgan fingerprint density at radius 1 is 1.03 bits per heavy atom. The fourth-order valence-corrected chi connectivity index (χ4v) is 5.63. The molecule has 1 fully saturated rings. The van der Waals surface area contributed by atoms with Gasteiger partial charge in [0.1, 0.15) is 11.4 Å². The molecule has 0 unspecified atom stereocenters. The van der Waals surface area contributed by atoms with E-state index in [4.69, 9.17) is 4.74 Å². The van der Waals surface area contributed by atoms with Crippen LogP contribution in [0.3, 0.4) is 0 Å². The number of rotatable bonds is 3. The van der Waals surface area contributed by atoms with Crippen molar-refractivity contribution in [3.63, 3.8) is 0 Å². The van der Waals surface area contributed by atoms with Crippen LogP contribution in [-0.2, 0) is 14.8 Å². The van der Waals surface area contributed by atoms with Crippen molar-refractivity contribution >= 4 is 27.3 Å². The Bertz CT molecular complexity index is 1110.